The zero-order valence-electron chi connectivity index (χ0n) is 11.5. The van der Waals surface area contributed by atoms with Gasteiger partial charge in [0.15, 0.2) is 0 Å². The Hall–Kier alpha value is -2.16. The van der Waals surface area contributed by atoms with Gasteiger partial charge in [0, 0.05) is 19.0 Å². The van der Waals surface area contributed by atoms with Crippen molar-refractivity contribution in [3.63, 3.8) is 0 Å². The van der Waals surface area contributed by atoms with Gasteiger partial charge in [-0.2, -0.15) is 0 Å². The van der Waals surface area contributed by atoms with Crippen molar-refractivity contribution < 1.29 is 14.3 Å². The number of aliphatic hydroxyl groups is 1. The van der Waals surface area contributed by atoms with Gasteiger partial charge >= 0.3 is 0 Å². The number of carbonyl (C=O) groups excluding carboxylic acids is 1. The molecule has 0 atom stereocenters. The van der Waals surface area contributed by atoms with Gasteiger partial charge in [-0.1, -0.05) is 24.0 Å². The van der Waals surface area contributed by atoms with E-state index < -0.39 is 0 Å². The molecule has 1 amide bonds. The van der Waals surface area contributed by atoms with Crippen LogP contribution in [0.2, 0.25) is 0 Å². The van der Waals surface area contributed by atoms with Gasteiger partial charge in [0.2, 0.25) is 0 Å². The van der Waals surface area contributed by atoms with Crippen LogP contribution in [0.4, 0.5) is 4.39 Å². The molecule has 1 N–H and O–H groups in total. The Bertz CT molecular complexity index is 682. The van der Waals surface area contributed by atoms with Crippen molar-refractivity contribution in [1.29, 1.82) is 0 Å². The van der Waals surface area contributed by atoms with Crippen LogP contribution in [0.1, 0.15) is 20.8 Å². The molecule has 0 aliphatic heterocycles. The molecule has 21 heavy (non-hydrogen) atoms. The Labute approximate surface area is 126 Å². The number of benzene rings is 1. The number of carbonyl (C=O) groups is 1. The maximum Gasteiger partial charge on any atom is 0.254 e. The van der Waals surface area contributed by atoms with Crippen molar-refractivity contribution in [2.45, 2.75) is 6.54 Å². The number of rotatable bonds is 3. The summed E-state index contributed by atoms with van der Waals surface area (Å²) in [6.07, 6.45) is 0. The monoisotopic (exact) mass is 303 g/mol. The Morgan fingerprint density at radius 3 is 2.76 bits per heavy atom. The zero-order chi connectivity index (χ0) is 15.2. The lowest BCUT2D eigenvalue weighted by molar-refractivity contribution is 0.0785. The van der Waals surface area contributed by atoms with Gasteiger partial charge in [0.05, 0.1) is 10.4 Å². The maximum atomic E-state index is 12.8. The van der Waals surface area contributed by atoms with Crippen molar-refractivity contribution in [1.82, 2.24) is 4.90 Å². The number of halogens is 1. The smallest absolute Gasteiger partial charge is 0.254 e. The first-order valence-electron chi connectivity index (χ1n) is 6.28. The Morgan fingerprint density at radius 2 is 2.10 bits per heavy atom. The highest BCUT2D eigenvalue weighted by Crippen LogP contribution is 2.16. The van der Waals surface area contributed by atoms with Crippen molar-refractivity contribution in [3.8, 4) is 11.8 Å². The summed E-state index contributed by atoms with van der Waals surface area (Å²) in [5.41, 5.74) is 1.43. The minimum atomic E-state index is -0.294. The number of amides is 1. The summed E-state index contributed by atoms with van der Waals surface area (Å²) in [7, 11) is 1.70. The van der Waals surface area contributed by atoms with Gasteiger partial charge in [0.25, 0.3) is 5.91 Å². The van der Waals surface area contributed by atoms with E-state index in [4.69, 9.17) is 5.11 Å². The highest BCUT2D eigenvalue weighted by atomic mass is 32.1. The minimum Gasteiger partial charge on any atom is -0.384 e. The molecule has 0 radical (unpaired) electrons. The molecule has 0 bridgehead atoms. The maximum absolute atomic E-state index is 12.8. The largest absolute Gasteiger partial charge is 0.384 e. The minimum absolute atomic E-state index is 0.118. The van der Waals surface area contributed by atoms with E-state index >= 15 is 0 Å². The zero-order valence-corrected chi connectivity index (χ0v) is 12.3. The molecule has 108 valence electrons. The summed E-state index contributed by atoms with van der Waals surface area (Å²) in [5, 5.41) is 10.4. The van der Waals surface area contributed by atoms with E-state index in [-0.39, 0.29) is 18.3 Å². The van der Waals surface area contributed by atoms with Crippen LogP contribution in [0.3, 0.4) is 0 Å². The lowest BCUT2D eigenvalue weighted by atomic mass is 10.2. The first-order chi connectivity index (χ1) is 10.1. The summed E-state index contributed by atoms with van der Waals surface area (Å²) >= 11 is 1.36. The Morgan fingerprint density at radius 1 is 1.38 bits per heavy atom. The fourth-order valence-corrected chi connectivity index (χ4v) is 2.55. The summed E-state index contributed by atoms with van der Waals surface area (Å²) in [6.45, 7) is 0.207. The normalized spacial score (nSPS) is 9.86. The van der Waals surface area contributed by atoms with Crippen LogP contribution in [0, 0.1) is 17.7 Å². The second kappa shape index (κ2) is 7.02. The van der Waals surface area contributed by atoms with E-state index in [1.807, 2.05) is 0 Å². The Kier molecular flexibility index (Phi) is 5.09. The fourth-order valence-electron chi connectivity index (χ4n) is 1.80. The number of hydrogen-bond acceptors (Lipinski definition) is 3. The predicted molar refractivity (Wildman–Crippen MR) is 80.5 cm³/mol. The summed E-state index contributed by atoms with van der Waals surface area (Å²) in [6, 6.07) is 7.77. The lowest BCUT2D eigenvalue weighted by Gasteiger charge is -2.16. The SMILES string of the molecule is CN(Cc1ccc(F)cc1)C(=O)c1csc(C#CCO)c1. The molecule has 1 heterocycles. The van der Waals surface area contributed by atoms with E-state index in [1.54, 1.807) is 35.5 Å². The van der Waals surface area contributed by atoms with E-state index in [0.29, 0.717) is 12.1 Å². The van der Waals surface area contributed by atoms with Crippen molar-refractivity contribution in [3.05, 3.63) is 57.5 Å². The summed E-state index contributed by atoms with van der Waals surface area (Å²) < 4.78 is 12.8. The van der Waals surface area contributed by atoms with Crippen LogP contribution in [-0.2, 0) is 6.54 Å². The highest BCUT2D eigenvalue weighted by molar-refractivity contribution is 7.10. The third-order valence-corrected chi connectivity index (χ3v) is 3.66. The van der Waals surface area contributed by atoms with Crippen LogP contribution < -0.4 is 0 Å². The van der Waals surface area contributed by atoms with E-state index in [1.165, 1.54) is 23.5 Å². The van der Waals surface area contributed by atoms with Gasteiger partial charge < -0.3 is 10.0 Å². The van der Waals surface area contributed by atoms with Crippen molar-refractivity contribution in [2.75, 3.05) is 13.7 Å². The standard InChI is InChI=1S/C16H14FNO2S/c1-18(10-12-4-6-14(17)7-5-12)16(20)13-9-15(21-11-13)3-2-8-19/h4-7,9,11,19H,8,10H2,1H3. The summed E-state index contributed by atoms with van der Waals surface area (Å²) in [4.78, 5) is 14.6. The number of thiophene rings is 1. The molecule has 1 aromatic carbocycles. The molecule has 0 unspecified atom stereocenters. The molecule has 2 rings (SSSR count). The van der Waals surface area contributed by atoms with Gasteiger partial charge in [-0.25, -0.2) is 4.39 Å². The molecule has 0 aliphatic carbocycles. The van der Waals surface area contributed by atoms with E-state index in [0.717, 1.165) is 10.4 Å². The van der Waals surface area contributed by atoms with E-state index in [2.05, 4.69) is 11.8 Å². The average Bonchev–Trinajstić information content (AvgIpc) is 2.95. The van der Waals surface area contributed by atoms with Crippen LogP contribution >= 0.6 is 11.3 Å². The van der Waals surface area contributed by atoms with Gasteiger partial charge in [0.1, 0.15) is 12.4 Å². The van der Waals surface area contributed by atoms with Crippen molar-refractivity contribution in [2.24, 2.45) is 0 Å². The molecule has 0 saturated heterocycles. The molecule has 1 aromatic heterocycles. The summed E-state index contributed by atoms with van der Waals surface area (Å²) in [5.74, 6) is 4.91. The van der Waals surface area contributed by atoms with Crippen LogP contribution in [0.5, 0.6) is 0 Å². The second-order valence-corrected chi connectivity index (χ2v) is 5.36. The average molecular weight is 303 g/mol. The molecule has 3 nitrogen and oxygen atoms in total. The molecular weight excluding hydrogens is 289 g/mol. The van der Waals surface area contributed by atoms with Crippen LogP contribution in [-0.4, -0.2) is 29.6 Å². The third kappa shape index (κ3) is 4.15. The number of hydrogen-bond donors (Lipinski definition) is 1. The highest BCUT2D eigenvalue weighted by Gasteiger charge is 2.13. The van der Waals surface area contributed by atoms with Crippen LogP contribution in [0.25, 0.3) is 0 Å². The molecule has 5 heteroatoms. The van der Waals surface area contributed by atoms with Crippen LogP contribution in [0.15, 0.2) is 35.7 Å². The molecule has 0 aliphatic rings. The van der Waals surface area contributed by atoms with Gasteiger partial charge in [-0.3, -0.25) is 4.79 Å². The first-order valence-corrected chi connectivity index (χ1v) is 7.16. The van der Waals surface area contributed by atoms with Gasteiger partial charge in [-0.05, 0) is 23.8 Å². The molecule has 0 fully saturated rings. The molecule has 0 spiro atoms. The quantitative estimate of drug-likeness (QED) is 0.885. The number of nitrogens with zero attached hydrogens (tertiary/aromatic N) is 1. The predicted octanol–water partition coefficient (Wildman–Crippen LogP) is 2.50. The lowest BCUT2D eigenvalue weighted by Crippen LogP contribution is -2.25. The van der Waals surface area contributed by atoms with Crippen molar-refractivity contribution >= 4 is 17.2 Å². The molecule has 0 saturated carbocycles. The molecular formula is C16H14FNO2S. The third-order valence-electron chi connectivity index (χ3n) is 2.82. The number of aliphatic hydroxyl groups excluding tert-OH is 1. The first kappa shape index (κ1) is 15.2. The van der Waals surface area contributed by atoms with Gasteiger partial charge in [-0.15, -0.1) is 11.3 Å². The Balaban J connectivity index is 2.05. The fraction of sp³-hybridized carbons (Fsp3) is 0.188. The second-order valence-electron chi connectivity index (χ2n) is 4.45. The molecule has 2 aromatic rings. The van der Waals surface area contributed by atoms with E-state index in [9.17, 15) is 9.18 Å². The topological polar surface area (TPSA) is 40.5 Å².